The average molecular weight is 335 g/mol. The Hall–Kier alpha value is -1.79. The molecule has 0 saturated carbocycles. The van der Waals surface area contributed by atoms with Crippen molar-refractivity contribution in [2.45, 2.75) is 16.2 Å². The number of para-hydroxylation sites is 1. The van der Waals surface area contributed by atoms with Gasteiger partial charge in [0.1, 0.15) is 0 Å². The number of carbonyl (C=O) groups is 1. The monoisotopic (exact) mass is 335 g/mol. The number of amides is 1. The summed E-state index contributed by atoms with van der Waals surface area (Å²) in [6, 6.07) is 16.2. The topological polar surface area (TPSA) is 63.2 Å². The third kappa shape index (κ3) is 4.89. The van der Waals surface area contributed by atoms with Gasteiger partial charge in [0.05, 0.1) is 10.6 Å². The summed E-state index contributed by atoms with van der Waals surface area (Å²) in [7, 11) is -3.36. The smallest absolute Gasteiger partial charge is 0.225 e. The molecule has 0 spiro atoms. The number of anilines is 1. The molecule has 0 unspecified atom stereocenters. The molecular formula is C16H17NO3S2. The van der Waals surface area contributed by atoms with E-state index in [0.29, 0.717) is 17.9 Å². The number of hydrogen-bond donors (Lipinski definition) is 1. The van der Waals surface area contributed by atoms with Gasteiger partial charge < -0.3 is 5.32 Å². The van der Waals surface area contributed by atoms with Crippen molar-refractivity contribution in [3.8, 4) is 0 Å². The minimum Gasteiger partial charge on any atom is -0.325 e. The lowest BCUT2D eigenvalue weighted by Crippen LogP contribution is -2.14. The van der Waals surface area contributed by atoms with E-state index < -0.39 is 9.84 Å². The van der Waals surface area contributed by atoms with E-state index in [1.807, 2.05) is 30.3 Å². The van der Waals surface area contributed by atoms with Crippen molar-refractivity contribution in [2.24, 2.45) is 0 Å². The Bertz CT molecular complexity index is 743. The van der Waals surface area contributed by atoms with E-state index in [4.69, 9.17) is 0 Å². The number of thioether (sulfide) groups is 1. The molecule has 4 nitrogen and oxygen atoms in total. The number of nitrogens with one attached hydrogen (secondary N) is 1. The van der Waals surface area contributed by atoms with Gasteiger partial charge in [-0.15, -0.1) is 11.8 Å². The minimum absolute atomic E-state index is 0.138. The number of benzene rings is 2. The highest BCUT2D eigenvalue weighted by Gasteiger charge is 2.14. The molecule has 2 aromatic rings. The number of rotatable bonds is 6. The molecule has 2 aromatic carbocycles. The lowest BCUT2D eigenvalue weighted by Gasteiger charge is -2.09. The van der Waals surface area contributed by atoms with Crippen molar-refractivity contribution in [1.29, 1.82) is 0 Å². The molecule has 0 radical (unpaired) electrons. The van der Waals surface area contributed by atoms with Crippen molar-refractivity contribution in [1.82, 2.24) is 0 Å². The fourth-order valence-electron chi connectivity index (χ4n) is 1.88. The molecule has 1 amide bonds. The zero-order chi connectivity index (χ0) is 16.0. The maximum atomic E-state index is 12.0. The van der Waals surface area contributed by atoms with Crippen LogP contribution in [0, 0.1) is 0 Å². The first-order chi connectivity index (χ1) is 10.5. The van der Waals surface area contributed by atoms with E-state index in [-0.39, 0.29) is 10.8 Å². The van der Waals surface area contributed by atoms with E-state index >= 15 is 0 Å². The highest BCUT2D eigenvalue weighted by atomic mass is 32.2. The second kappa shape index (κ2) is 7.47. The minimum atomic E-state index is -3.36. The predicted molar refractivity (Wildman–Crippen MR) is 90.0 cm³/mol. The first kappa shape index (κ1) is 16.6. The van der Waals surface area contributed by atoms with Crippen LogP contribution in [-0.2, 0) is 14.6 Å². The average Bonchev–Trinajstić information content (AvgIpc) is 2.48. The van der Waals surface area contributed by atoms with Gasteiger partial charge in [-0.2, -0.15) is 0 Å². The summed E-state index contributed by atoms with van der Waals surface area (Å²) in [4.78, 5) is 13.2. The SMILES string of the molecule is CS(=O)(=O)c1ccccc1NC(=O)CCSc1ccccc1. The van der Waals surface area contributed by atoms with Crippen LogP contribution in [0.15, 0.2) is 64.4 Å². The molecule has 0 saturated heterocycles. The normalized spacial score (nSPS) is 11.1. The van der Waals surface area contributed by atoms with Crippen LogP contribution >= 0.6 is 11.8 Å². The predicted octanol–water partition coefficient (Wildman–Crippen LogP) is 3.21. The second-order valence-electron chi connectivity index (χ2n) is 4.73. The molecule has 0 heterocycles. The molecule has 6 heteroatoms. The fraction of sp³-hybridized carbons (Fsp3) is 0.188. The van der Waals surface area contributed by atoms with E-state index in [0.717, 1.165) is 11.2 Å². The Morgan fingerprint density at radius 3 is 2.36 bits per heavy atom. The number of hydrogen-bond acceptors (Lipinski definition) is 4. The van der Waals surface area contributed by atoms with Crippen LogP contribution in [0.3, 0.4) is 0 Å². The molecule has 116 valence electrons. The first-order valence-corrected chi connectivity index (χ1v) is 9.61. The van der Waals surface area contributed by atoms with Crippen molar-refractivity contribution in [2.75, 3.05) is 17.3 Å². The van der Waals surface area contributed by atoms with Crippen molar-refractivity contribution < 1.29 is 13.2 Å². The maximum absolute atomic E-state index is 12.0. The molecule has 0 aliphatic rings. The van der Waals surface area contributed by atoms with Crippen LogP contribution in [0.25, 0.3) is 0 Å². The van der Waals surface area contributed by atoms with Crippen molar-refractivity contribution in [3.05, 3.63) is 54.6 Å². The quantitative estimate of drug-likeness (QED) is 0.823. The van der Waals surface area contributed by atoms with E-state index in [9.17, 15) is 13.2 Å². The maximum Gasteiger partial charge on any atom is 0.225 e. The fourth-order valence-corrected chi connectivity index (χ4v) is 3.60. The van der Waals surface area contributed by atoms with Crippen molar-refractivity contribution in [3.63, 3.8) is 0 Å². The molecule has 0 fully saturated rings. The lowest BCUT2D eigenvalue weighted by molar-refractivity contribution is -0.115. The van der Waals surface area contributed by atoms with Crippen molar-refractivity contribution >= 4 is 33.2 Å². The zero-order valence-electron chi connectivity index (χ0n) is 12.2. The van der Waals surface area contributed by atoms with E-state index in [1.54, 1.807) is 30.0 Å². The van der Waals surface area contributed by atoms with Crippen LogP contribution in [-0.4, -0.2) is 26.3 Å². The molecule has 22 heavy (non-hydrogen) atoms. The van der Waals surface area contributed by atoms with Gasteiger partial charge in [-0.1, -0.05) is 30.3 Å². The van der Waals surface area contributed by atoms with Crippen LogP contribution in [0.1, 0.15) is 6.42 Å². The molecule has 0 aromatic heterocycles. The van der Waals surface area contributed by atoms with E-state index in [2.05, 4.69) is 5.32 Å². The molecular weight excluding hydrogens is 318 g/mol. The van der Waals surface area contributed by atoms with Gasteiger partial charge in [-0.05, 0) is 24.3 Å². The summed E-state index contributed by atoms with van der Waals surface area (Å²) in [6.45, 7) is 0. The van der Waals surface area contributed by atoms with Crippen LogP contribution < -0.4 is 5.32 Å². The molecule has 0 atom stereocenters. The van der Waals surface area contributed by atoms with Gasteiger partial charge in [0.25, 0.3) is 0 Å². The summed E-state index contributed by atoms with van der Waals surface area (Å²) in [6.07, 6.45) is 1.45. The molecule has 0 bridgehead atoms. The third-order valence-corrected chi connectivity index (χ3v) is 5.07. The second-order valence-corrected chi connectivity index (χ2v) is 7.88. The first-order valence-electron chi connectivity index (χ1n) is 6.73. The van der Waals surface area contributed by atoms with Gasteiger partial charge in [-0.25, -0.2) is 8.42 Å². The molecule has 0 aliphatic carbocycles. The number of carbonyl (C=O) groups excluding carboxylic acids is 1. The Morgan fingerprint density at radius 1 is 1.05 bits per heavy atom. The Labute approximate surface area is 134 Å². The lowest BCUT2D eigenvalue weighted by atomic mass is 10.3. The van der Waals surface area contributed by atoms with Crippen LogP contribution in [0.5, 0.6) is 0 Å². The Balaban J connectivity index is 1.93. The summed E-state index contributed by atoms with van der Waals surface area (Å²) in [5.41, 5.74) is 0.333. The number of sulfone groups is 1. The molecule has 2 rings (SSSR count). The van der Waals surface area contributed by atoms with E-state index in [1.165, 1.54) is 6.07 Å². The molecule has 1 N–H and O–H groups in total. The highest BCUT2D eigenvalue weighted by molar-refractivity contribution is 7.99. The summed E-state index contributed by atoms with van der Waals surface area (Å²) < 4.78 is 23.4. The summed E-state index contributed by atoms with van der Waals surface area (Å²) >= 11 is 1.59. The van der Waals surface area contributed by atoms with Gasteiger partial charge in [0.15, 0.2) is 9.84 Å². The summed E-state index contributed by atoms with van der Waals surface area (Å²) in [5, 5.41) is 2.67. The summed E-state index contributed by atoms with van der Waals surface area (Å²) in [5.74, 6) is 0.441. The van der Waals surface area contributed by atoms with Gasteiger partial charge in [0, 0.05) is 23.3 Å². The zero-order valence-corrected chi connectivity index (χ0v) is 13.8. The molecule has 0 aliphatic heterocycles. The van der Waals surface area contributed by atoms with Crippen LogP contribution in [0.4, 0.5) is 5.69 Å². The third-order valence-electron chi connectivity index (χ3n) is 2.90. The van der Waals surface area contributed by atoms with Crippen LogP contribution in [0.2, 0.25) is 0 Å². The standard InChI is InChI=1S/C16H17NO3S2/c1-22(19,20)15-10-6-5-9-14(15)17-16(18)11-12-21-13-7-3-2-4-8-13/h2-10H,11-12H2,1H3,(H,17,18). The Morgan fingerprint density at radius 2 is 1.68 bits per heavy atom. The van der Waals surface area contributed by atoms with Gasteiger partial charge >= 0.3 is 0 Å². The van der Waals surface area contributed by atoms with Gasteiger partial charge in [-0.3, -0.25) is 4.79 Å². The Kier molecular flexibility index (Phi) is 5.63. The largest absolute Gasteiger partial charge is 0.325 e. The highest BCUT2D eigenvalue weighted by Crippen LogP contribution is 2.22. The van der Waals surface area contributed by atoms with Gasteiger partial charge in [0.2, 0.25) is 5.91 Å².